The fraction of sp³-hybridized carbons (Fsp3) is 0.333. The summed E-state index contributed by atoms with van der Waals surface area (Å²) in [6.07, 6.45) is 4.88. The molecular weight excluding hydrogens is 588 g/mol. The highest BCUT2D eigenvalue weighted by Gasteiger charge is 2.33. The van der Waals surface area contributed by atoms with Crippen molar-refractivity contribution >= 4 is 50.7 Å². The molecule has 4 rings (SSSR count). The van der Waals surface area contributed by atoms with E-state index in [1.54, 1.807) is 55.5 Å². The molecule has 0 bridgehead atoms. The summed E-state index contributed by atoms with van der Waals surface area (Å²) in [5.74, 6) is -1.57. The zero-order valence-electron chi connectivity index (χ0n) is 22.6. The van der Waals surface area contributed by atoms with Gasteiger partial charge in [-0.3, -0.25) is 13.9 Å². The van der Waals surface area contributed by atoms with Crippen molar-refractivity contribution in [3.63, 3.8) is 0 Å². The molecule has 0 radical (unpaired) electrons. The Hall–Kier alpha value is -3.14. The number of hydrogen-bond acceptors (Lipinski definition) is 4. The molecule has 0 unspecified atom stereocenters. The smallest absolute Gasteiger partial charge is 0.264 e. The van der Waals surface area contributed by atoms with E-state index in [2.05, 4.69) is 5.32 Å². The van der Waals surface area contributed by atoms with E-state index in [1.807, 2.05) is 0 Å². The van der Waals surface area contributed by atoms with Crippen LogP contribution in [0.4, 0.5) is 10.1 Å². The monoisotopic (exact) mass is 619 g/mol. The quantitative estimate of drug-likeness (QED) is 0.293. The van der Waals surface area contributed by atoms with Gasteiger partial charge in [0, 0.05) is 28.2 Å². The lowest BCUT2D eigenvalue weighted by Crippen LogP contribution is -2.53. The number of amides is 2. The molecule has 1 N–H and O–H groups in total. The first-order valence-corrected chi connectivity index (χ1v) is 15.6. The van der Waals surface area contributed by atoms with Gasteiger partial charge in [-0.2, -0.15) is 0 Å². The van der Waals surface area contributed by atoms with E-state index in [0.717, 1.165) is 60.7 Å². The highest BCUT2D eigenvalue weighted by Crippen LogP contribution is 2.28. The SMILES string of the molecule is C[C@@H](C(=O)NC1CCCCC1)N(Cc1c(Cl)cccc1Cl)C(=O)CN(c1ccccc1)S(=O)(=O)c1ccc(F)cc1. The Morgan fingerprint density at radius 1 is 0.927 bits per heavy atom. The Balaban J connectivity index is 1.69. The third-order valence-electron chi connectivity index (χ3n) is 7.23. The molecule has 0 aromatic heterocycles. The Morgan fingerprint density at radius 2 is 1.54 bits per heavy atom. The van der Waals surface area contributed by atoms with Crippen molar-refractivity contribution in [2.75, 3.05) is 10.8 Å². The molecule has 0 heterocycles. The summed E-state index contributed by atoms with van der Waals surface area (Å²) in [5, 5.41) is 3.68. The third-order valence-corrected chi connectivity index (χ3v) is 9.73. The minimum absolute atomic E-state index is 0.0132. The number of para-hydroxylation sites is 1. The molecule has 1 aliphatic rings. The van der Waals surface area contributed by atoms with Gasteiger partial charge in [0.15, 0.2) is 0 Å². The molecule has 218 valence electrons. The Kier molecular flexibility index (Phi) is 10.3. The number of halogens is 3. The van der Waals surface area contributed by atoms with Crippen LogP contribution < -0.4 is 9.62 Å². The number of carbonyl (C=O) groups excluding carboxylic acids is 2. The second-order valence-electron chi connectivity index (χ2n) is 10.0. The number of rotatable bonds is 10. The van der Waals surface area contributed by atoms with Crippen LogP contribution >= 0.6 is 23.2 Å². The first-order valence-electron chi connectivity index (χ1n) is 13.4. The van der Waals surface area contributed by atoms with Crippen molar-refractivity contribution in [2.24, 2.45) is 0 Å². The van der Waals surface area contributed by atoms with Crippen molar-refractivity contribution < 1.29 is 22.4 Å². The maximum Gasteiger partial charge on any atom is 0.264 e. The van der Waals surface area contributed by atoms with Crippen molar-refractivity contribution in [1.29, 1.82) is 0 Å². The summed E-state index contributed by atoms with van der Waals surface area (Å²) in [7, 11) is -4.29. The van der Waals surface area contributed by atoms with Crippen molar-refractivity contribution in [3.05, 3.63) is 94.2 Å². The van der Waals surface area contributed by atoms with E-state index < -0.39 is 34.3 Å². The second-order valence-corrected chi connectivity index (χ2v) is 12.7. The second kappa shape index (κ2) is 13.7. The summed E-state index contributed by atoms with van der Waals surface area (Å²) in [6.45, 7) is 0.866. The van der Waals surface area contributed by atoms with E-state index in [1.165, 1.54) is 4.90 Å². The average Bonchev–Trinajstić information content (AvgIpc) is 2.96. The molecule has 1 atom stereocenters. The van der Waals surface area contributed by atoms with E-state index in [9.17, 15) is 22.4 Å². The van der Waals surface area contributed by atoms with E-state index in [0.29, 0.717) is 15.6 Å². The maximum atomic E-state index is 14.0. The van der Waals surface area contributed by atoms with Crippen LogP contribution in [0.1, 0.15) is 44.6 Å². The zero-order chi connectivity index (χ0) is 29.6. The molecular formula is C30H32Cl2FN3O4S. The largest absolute Gasteiger partial charge is 0.352 e. The summed E-state index contributed by atoms with van der Waals surface area (Å²) in [4.78, 5) is 28.5. The number of anilines is 1. The highest BCUT2D eigenvalue weighted by atomic mass is 35.5. The molecule has 7 nitrogen and oxygen atoms in total. The molecule has 3 aromatic carbocycles. The number of nitrogens with one attached hydrogen (secondary N) is 1. The molecule has 11 heteroatoms. The predicted octanol–water partition coefficient (Wildman–Crippen LogP) is 6.19. The van der Waals surface area contributed by atoms with Crippen molar-refractivity contribution in [3.8, 4) is 0 Å². The number of carbonyl (C=O) groups is 2. The number of benzene rings is 3. The highest BCUT2D eigenvalue weighted by molar-refractivity contribution is 7.92. The number of sulfonamides is 1. The van der Waals surface area contributed by atoms with Crippen LogP contribution in [0.25, 0.3) is 0 Å². The van der Waals surface area contributed by atoms with Crippen molar-refractivity contribution in [1.82, 2.24) is 10.2 Å². The minimum Gasteiger partial charge on any atom is -0.352 e. The summed E-state index contributed by atoms with van der Waals surface area (Å²) < 4.78 is 42.0. The Labute approximate surface area is 250 Å². The van der Waals surface area contributed by atoms with Crippen LogP contribution in [0.5, 0.6) is 0 Å². The lowest BCUT2D eigenvalue weighted by atomic mass is 9.95. The minimum atomic E-state index is -4.29. The van der Waals surface area contributed by atoms with Gasteiger partial charge in [-0.15, -0.1) is 0 Å². The zero-order valence-corrected chi connectivity index (χ0v) is 24.9. The lowest BCUT2D eigenvalue weighted by Gasteiger charge is -2.33. The van der Waals surface area contributed by atoms with Gasteiger partial charge in [-0.1, -0.05) is 66.7 Å². The molecule has 2 amide bonds. The molecule has 3 aromatic rings. The van der Waals surface area contributed by atoms with E-state index in [4.69, 9.17) is 23.2 Å². The Bertz CT molecular complexity index is 1450. The van der Waals surface area contributed by atoms with Crippen LogP contribution in [0.2, 0.25) is 10.0 Å². The van der Waals surface area contributed by atoms with Gasteiger partial charge in [0.2, 0.25) is 11.8 Å². The van der Waals surface area contributed by atoms with Crippen LogP contribution in [0, 0.1) is 5.82 Å². The van der Waals surface area contributed by atoms with Crippen molar-refractivity contribution in [2.45, 2.75) is 62.6 Å². The molecule has 1 aliphatic carbocycles. The standard InChI is InChI=1S/C30H32Cl2FN3O4S/c1-21(30(38)34-23-9-4-2-5-10-23)35(19-26-27(31)13-8-14-28(26)32)29(37)20-36(24-11-6-3-7-12-24)41(39,40)25-17-15-22(33)16-18-25/h3,6-8,11-18,21,23H,2,4-5,9-10,19-20H2,1H3,(H,34,38)/t21-/m0/s1. The Morgan fingerprint density at radius 3 is 2.15 bits per heavy atom. The molecule has 1 saturated carbocycles. The van der Waals surface area contributed by atoms with Gasteiger partial charge < -0.3 is 10.2 Å². The molecule has 0 spiro atoms. The number of nitrogens with zero attached hydrogens (tertiary/aromatic N) is 2. The van der Waals surface area contributed by atoms with Crippen LogP contribution in [-0.2, 0) is 26.2 Å². The van der Waals surface area contributed by atoms with E-state index in [-0.39, 0.29) is 29.1 Å². The van der Waals surface area contributed by atoms with Crippen LogP contribution in [-0.4, -0.2) is 43.8 Å². The van der Waals surface area contributed by atoms with Gasteiger partial charge in [-0.25, -0.2) is 12.8 Å². The molecule has 0 saturated heterocycles. The fourth-order valence-electron chi connectivity index (χ4n) is 4.86. The third kappa shape index (κ3) is 7.58. The average molecular weight is 621 g/mol. The maximum absolute atomic E-state index is 14.0. The van der Waals surface area contributed by atoms with Gasteiger partial charge >= 0.3 is 0 Å². The van der Waals surface area contributed by atoms with E-state index >= 15 is 0 Å². The topological polar surface area (TPSA) is 86.8 Å². The normalized spacial score (nSPS) is 14.7. The molecule has 0 aliphatic heterocycles. The summed E-state index contributed by atoms with van der Waals surface area (Å²) in [5.41, 5.74) is 0.675. The van der Waals surface area contributed by atoms with Crippen LogP contribution in [0.3, 0.4) is 0 Å². The summed E-state index contributed by atoms with van der Waals surface area (Å²) in [6, 6.07) is 16.5. The first kappa shape index (κ1) is 30.8. The number of hydrogen-bond donors (Lipinski definition) is 1. The summed E-state index contributed by atoms with van der Waals surface area (Å²) >= 11 is 12.9. The lowest BCUT2D eigenvalue weighted by molar-refractivity contribution is -0.139. The molecule has 1 fully saturated rings. The van der Waals surface area contributed by atoms with Gasteiger partial charge in [0.05, 0.1) is 10.6 Å². The fourth-order valence-corrected chi connectivity index (χ4v) is 6.79. The predicted molar refractivity (Wildman–Crippen MR) is 159 cm³/mol. The van der Waals surface area contributed by atoms with Gasteiger partial charge in [0.25, 0.3) is 10.0 Å². The first-order chi connectivity index (χ1) is 19.6. The van der Waals surface area contributed by atoms with Crippen LogP contribution in [0.15, 0.2) is 77.7 Å². The van der Waals surface area contributed by atoms with Gasteiger partial charge in [0.1, 0.15) is 18.4 Å². The molecule has 41 heavy (non-hydrogen) atoms. The van der Waals surface area contributed by atoms with Gasteiger partial charge in [-0.05, 0) is 68.3 Å².